The zero-order valence-electron chi connectivity index (χ0n) is 15.4. The van der Waals surface area contributed by atoms with Gasteiger partial charge in [0, 0.05) is 5.57 Å². The van der Waals surface area contributed by atoms with E-state index in [0.717, 1.165) is 19.3 Å². The second kappa shape index (κ2) is 6.85. The van der Waals surface area contributed by atoms with Crippen LogP contribution in [-0.4, -0.2) is 21.4 Å². The minimum absolute atomic E-state index is 0.0159. The molecule has 1 aliphatic heterocycles. The number of ether oxygens (including phenoxy) is 1. The molecule has 2 aromatic carbocycles. The highest BCUT2D eigenvalue weighted by Crippen LogP contribution is 2.35. The Morgan fingerprint density at radius 1 is 1.11 bits per heavy atom. The predicted molar refractivity (Wildman–Crippen MR) is 107 cm³/mol. The Balaban J connectivity index is 1.75. The summed E-state index contributed by atoms with van der Waals surface area (Å²) in [6.45, 7) is 1.81. The number of amidine groups is 1. The molecule has 1 N–H and O–H groups in total. The zero-order valence-corrected chi connectivity index (χ0v) is 16.2. The number of nitrogens with one attached hydrogen (secondary N) is 1. The smallest absolute Gasteiger partial charge is 0.264 e. The molecule has 0 saturated carbocycles. The third-order valence-electron chi connectivity index (χ3n) is 5.17. The Morgan fingerprint density at radius 2 is 1.85 bits per heavy atom. The first kappa shape index (κ1) is 17.8. The van der Waals surface area contributed by atoms with Crippen LogP contribution < -0.4 is 9.46 Å². The van der Waals surface area contributed by atoms with Crippen molar-refractivity contribution in [2.75, 3.05) is 7.11 Å². The summed E-state index contributed by atoms with van der Waals surface area (Å²) in [5.74, 6) is 1.13. The first-order valence-electron chi connectivity index (χ1n) is 9.03. The fourth-order valence-corrected chi connectivity index (χ4v) is 5.33. The van der Waals surface area contributed by atoms with Crippen LogP contribution in [0.15, 0.2) is 59.1 Å². The first-order chi connectivity index (χ1) is 13.0. The molecule has 0 saturated heterocycles. The van der Waals surface area contributed by atoms with Crippen molar-refractivity contribution in [3.63, 3.8) is 0 Å². The number of methoxy groups -OCH3 is 1. The normalized spacial score (nSPS) is 22.4. The monoisotopic (exact) mass is 382 g/mol. The molecule has 0 spiro atoms. The molecule has 2 aromatic rings. The van der Waals surface area contributed by atoms with Gasteiger partial charge in [-0.2, -0.15) is 0 Å². The number of fused-ring (bicyclic) bond motifs is 1. The van der Waals surface area contributed by atoms with Crippen molar-refractivity contribution in [2.24, 2.45) is 4.99 Å². The number of hydrogen-bond donors (Lipinski definition) is 1. The predicted octanol–water partition coefficient (Wildman–Crippen LogP) is 3.84. The second-order valence-electron chi connectivity index (χ2n) is 6.87. The van der Waals surface area contributed by atoms with Gasteiger partial charge in [0.25, 0.3) is 10.0 Å². The van der Waals surface area contributed by atoms with Crippen LogP contribution in [0.3, 0.4) is 0 Å². The summed E-state index contributed by atoms with van der Waals surface area (Å²) in [5.41, 5.74) is 3.79. The minimum atomic E-state index is -3.63. The SMILES string of the molecule is COc1ccc(C2=C(C)C(=NC3CCCc4ccccc43)NS2(=O)=O)cc1. The number of aryl methyl sites for hydroxylation is 1. The molecule has 27 heavy (non-hydrogen) atoms. The highest BCUT2D eigenvalue weighted by Gasteiger charge is 2.33. The van der Waals surface area contributed by atoms with Gasteiger partial charge < -0.3 is 4.74 Å². The summed E-state index contributed by atoms with van der Waals surface area (Å²) in [7, 11) is -2.04. The third kappa shape index (κ3) is 3.25. The largest absolute Gasteiger partial charge is 0.497 e. The van der Waals surface area contributed by atoms with Crippen LogP contribution in [0.1, 0.15) is 42.5 Å². The van der Waals surface area contributed by atoms with Crippen molar-refractivity contribution >= 4 is 20.8 Å². The molecule has 0 amide bonds. The molecule has 1 heterocycles. The number of nitrogens with zero attached hydrogens (tertiary/aromatic N) is 1. The van der Waals surface area contributed by atoms with Gasteiger partial charge in [-0.1, -0.05) is 24.3 Å². The lowest BCUT2D eigenvalue weighted by Gasteiger charge is -2.22. The summed E-state index contributed by atoms with van der Waals surface area (Å²) in [5, 5.41) is 0. The lowest BCUT2D eigenvalue weighted by Crippen LogP contribution is -2.24. The fourth-order valence-electron chi connectivity index (χ4n) is 3.82. The van der Waals surface area contributed by atoms with Crippen LogP contribution in [-0.2, 0) is 16.4 Å². The van der Waals surface area contributed by atoms with Crippen LogP contribution in [0.2, 0.25) is 0 Å². The van der Waals surface area contributed by atoms with Crippen molar-refractivity contribution in [3.05, 3.63) is 70.8 Å². The molecule has 1 atom stereocenters. The van der Waals surface area contributed by atoms with Crippen LogP contribution in [0.5, 0.6) is 5.75 Å². The van der Waals surface area contributed by atoms with Gasteiger partial charge in [0.05, 0.1) is 13.2 Å². The van der Waals surface area contributed by atoms with Crippen LogP contribution in [0.4, 0.5) is 0 Å². The van der Waals surface area contributed by atoms with E-state index in [9.17, 15) is 8.42 Å². The van der Waals surface area contributed by atoms with Crippen molar-refractivity contribution in [1.82, 2.24) is 4.72 Å². The van der Waals surface area contributed by atoms with Gasteiger partial charge in [-0.05, 0) is 67.1 Å². The van der Waals surface area contributed by atoms with E-state index in [1.165, 1.54) is 11.1 Å². The van der Waals surface area contributed by atoms with Crippen molar-refractivity contribution in [1.29, 1.82) is 0 Å². The number of sulfonamides is 1. The molecule has 5 nitrogen and oxygen atoms in total. The van der Waals surface area contributed by atoms with Gasteiger partial charge in [0.1, 0.15) is 16.5 Å². The summed E-state index contributed by atoms with van der Waals surface area (Å²) in [6, 6.07) is 15.3. The quantitative estimate of drug-likeness (QED) is 0.877. The Morgan fingerprint density at radius 3 is 2.59 bits per heavy atom. The van der Waals surface area contributed by atoms with E-state index in [0.29, 0.717) is 22.7 Å². The Bertz CT molecular complexity index is 1040. The maximum Gasteiger partial charge on any atom is 0.264 e. The zero-order chi connectivity index (χ0) is 19.0. The molecular formula is C21H22N2O3S. The van der Waals surface area contributed by atoms with Gasteiger partial charge in [0.2, 0.25) is 0 Å². The highest BCUT2D eigenvalue weighted by atomic mass is 32.2. The number of benzene rings is 2. The summed E-state index contributed by atoms with van der Waals surface area (Å²) in [6.07, 6.45) is 3.03. The van der Waals surface area contributed by atoms with E-state index in [-0.39, 0.29) is 10.9 Å². The summed E-state index contributed by atoms with van der Waals surface area (Å²) < 4.78 is 33.3. The van der Waals surface area contributed by atoms with Crippen molar-refractivity contribution < 1.29 is 13.2 Å². The van der Waals surface area contributed by atoms with E-state index in [4.69, 9.17) is 9.73 Å². The molecule has 0 bridgehead atoms. The maximum atomic E-state index is 12.7. The topological polar surface area (TPSA) is 67.8 Å². The average molecular weight is 382 g/mol. The van der Waals surface area contributed by atoms with E-state index in [1.54, 1.807) is 31.4 Å². The molecule has 0 fully saturated rings. The molecule has 0 radical (unpaired) electrons. The number of aliphatic imine (C=N–C) groups is 1. The lowest BCUT2D eigenvalue weighted by molar-refractivity contribution is 0.415. The lowest BCUT2D eigenvalue weighted by atomic mass is 9.88. The van der Waals surface area contributed by atoms with Crippen LogP contribution in [0, 0.1) is 0 Å². The maximum absolute atomic E-state index is 12.7. The first-order valence-corrected chi connectivity index (χ1v) is 10.5. The third-order valence-corrected chi connectivity index (χ3v) is 6.71. The molecular weight excluding hydrogens is 360 g/mol. The Hall–Kier alpha value is -2.60. The highest BCUT2D eigenvalue weighted by molar-refractivity contribution is 8.00. The van der Waals surface area contributed by atoms with E-state index in [2.05, 4.69) is 16.9 Å². The van der Waals surface area contributed by atoms with Crippen LogP contribution >= 0.6 is 0 Å². The minimum Gasteiger partial charge on any atom is -0.497 e. The van der Waals surface area contributed by atoms with Gasteiger partial charge in [-0.15, -0.1) is 0 Å². The van der Waals surface area contributed by atoms with Crippen molar-refractivity contribution in [2.45, 2.75) is 32.2 Å². The number of hydrogen-bond acceptors (Lipinski definition) is 4. The van der Waals surface area contributed by atoms with Crippen molar-refractivity contribution in [3.8, 4) is 5.75 Å². The van der Waals surface area contributed by atoms with Crippen LogP contribution in [0.25, 0.3) is 4.91 Å². The number of rotatable bonds is 3. The van der Waals surface area contributed by atoms with E-state index >= 15 is 0 Å². The molecule has 2 aliphatic rings. The fraction of sp³-hybridized carbons (Fsp3) is 0.286. The standard InChI is InChI=1S/C21H22N2O3S/c1-14-20(16-10-12-17(26-2)13-11-16)27(24,25)23-21(14)22-19-9-5-7-15-6-3-4-8-18(15)19/h3-4,6,8,10-13,19H,5,7,9H2,1-2H3,(H,22,23). The Labute approximate surface area is 159 Å². The van der Waals surface area contributed by atoms with Gasteiger partial charge in [-0.25, -0.2) is 8.42 Å². The summed E-state index contributed by atoms with van der Waals surface area (Å²) >= 11 is 0. The van der Waals surface area contributed by atoms with E-state index in [1.807, 2.05) is 19.1 Å². The molecule has 1 aliphatic carbocycles. The second-order valence-corrected chi connectivity index (χ2v) is 8.49. The van der Waals surface area contributed by atoms with Gasteiger partial charge >= 0.3 is 0 Å². The molecule has 0 aromatic heterocycles. The Kier molecular flexibility index (Phi) is 4.52. The van der Waals surface area contributed by atoms with Gasteiger partial charge in [0.15, 0.2) is 0 Å². The summed E-state index contributed by atoms with van der Waals surface area (Å²) in [4.78, 5) is 5.09. The van der Waals surface area contributed by atoms with Gasteiger partial charge in [-0.3, -0.25) is 9.71 Å². The average Bonchev–Trinajstić information content (AvgIpc) is 2.90. The molecule has 140 valence electrons. The molecule has 1 unspecified atom stereocenters. The molecule has 4 rings (SSSR count). The molecule has 6 heteroatoms. The van der Waals surface area contributed by atoms with E-state index < -0.39 is 10.0 Å².